The zero-order valence-corrected chi connectivity index (χ0v) is 16.5. The van der Waals surface area contributed by atoms with Gasteiger partial charge in [-0.2, -0.15) is 4.31 Å². The number of benzene rings is 1. The number of nitrogens with one attached hydrogen (secondary N) is 1. The molecule has 1 aromatic rings. The Morgan fingerprint density at radius 2 is 2.04 bits per heavy atom. The summed E-state index contributed by atoms with van der Waals surface area (Å²) in [5.74, 6) is -1.55. The molecule has 1 aliphatic heterocycles. The fourth-order valence-corrected chi connectivity index (χ4v) is 6.66. The summed E-state index contributed by atoms with van der Waals surface area (Å²) in [6, 6.07) is 2.73. The first-order valence-corrected chi connectivity index (χ1v) is 11.2. The Labute approximate surface area is 157 Å². The number of sulfonamides is 1. The van der Waals surface area contributed by atoms with E-state index in [0.717, 1.165) is 4.31 Å². The molecule has 1 fully saturated rings. The van der Waals surface area contributed by atoms with Crippen LogP contribution in [0.15, 0.2) is 23.1 Å². The highest BCUT2D eigenvalue weighted by atomic mass is 32.2. The predicted molar refractivity (Wildman–Crippen MR) is 96.7 cm³/mol. The van der Waals surface area contributed by atoms with E-state index in [0.29, 0.717) is 0 Å². The van der Waals surface area contributed by atoms with Crippen molar-refractivity contribution < 1.29 is 36.6 Å². The molecule has 27 heavy (non-hydrogen) atoms. The van der Waals surface area contributed by atoms with Gasteiger partial charge in [-0.15, -0.1) is 0 Å². The van der Waals surface area contributed by atoms with Gasteiger partial charge in [0.05, 0.1) is 37.4 Å². The number of carbonyl (C=O) groups excluding carboxylic acids is 1. The summed E-state index contributed by atoms with van der Waals surface area (Å²) in [5.41, 5.74) is 0.199. The van der Waals surface area contributed by atoms with E-state index in [-0.39, 0.29) is 16.3 Å². The van der Waals surface area contributed by atoms with Crippen molar-refractivity contribution in [3.8, 4) is 5.75 Å². The second-order valence-electron chi connectivity index (χ2n) is 6.10. The lowest BCUT2D eigenvalue weighted by Gasteiger charge is -2.29. The van der Waals surface area contributed by atoms with Crippen LogP contribution in [0.2, 0.25) is 0 Å². The number of hydrogen-bond donors (Lipinski definition) is 3. The lowest BCUT2D eigenvalue weighted by atomic mass is 10.2. The lowest BCUT2D eigenvalue weighted by Crippen LogP contribution is -2.47. The maximum absolute atomic E-state index is 13.2. The van der Waals surface area contributed by atoms with Gasteiger partial charge in [0, 0.05) is 19.2 Å². The number of rotatable bonds is 7. The molecule has 152 valence electrons. The number of aliphatic hydroxyl groups is 2. The van der Waals surface area contributed by atoms with Crippen LogP contribution in [0, 0.1) is 0 Å². The standard InChI is InChI=1S/C15H22N2O8S2/c1-10(19)16-11-3-4-14(25-2)15(7-11)27(23,24)17(5-6-18)12-8-26(21,22)9-13(12)20/h3-4,7,12-13,18,20H,5-6,8-9H2,1-2H3,(H,16,19)/t12-,13+/m1/s1. The van der Waals surface area contributed by atoms with Crippen LogP contribution in [0.4, 0.5) is 5.69 Å². The van der Waals surface area contributed by atoms with Crippen LogP contribution in [0.1, 0.15) is 6.92 Å². The molecule has 1 aliphatic rings. The molecule has 0 spiro atoms. The van der Waals surface area contributed by atoms with Gasteiger partial charge < -0.3 is 20.3 Å². The molecule has 0 unspecified atom stereocenters. The first kappa shape index (κ1) is 21.6. The Kier molecular flexibility index (Phi) is 6.47. The molecule has 0 aliphatic carbocycles. The molecule has 1 aromatic carbocycles. The fourth-order valence-electron chi connectivity index (χ4n) is 2.93. The molecule has 0 radical (unpaired) electrons. The number of aliphatic hydroxyl groups excluding tert-OH is 2. The number of ether oxygens (including phenoxy) is 1. The van der Waals surface area contributed by atoms with Crippen molar-refractivity contribution in [2.24, 2.45) is 0 Å². The quantitative estimate of drug-likeness (QED) is 0.496. The molecule has 0 aromatic heterocycles. The first-order chi connectivity index (χ1) is 12.5. The molecule has 1 saturated heterocycles. The Morgan fingerprint density at radius 3 is 2.52 bits per heavy atom. The summed E-state index contributed by atoms with van der Waals surface area (Å²) in [6.45, 7) is 0.277. The van der Waals surface area contributed by atoms with Crippen LogP contribution >= 0.6 is 0 Å². The first-order valence-electron chi connectivity index (χ1n) is 7.98. The second-order valence-corrected chi connectivity index (χ2v) is 10.1. The van der Waals surface area contributed by atoms with Gasteiger partial charge in [-0.25, -0.2) is 16.8 Å². The van der Waals surface area contributed by atoms with Gasteiger partial charge in [0.1, 0.15) is 10.6 Å². The van der Waals surface area contributed by atoms with Gasteiger partial charge in [0.2, 0.25) is 15.9 Å². The second kappa shape index (κ2) is 8.10. The van der Waals surface area contributed by atoms with E-state index in [1.165, 1.54) is 32.2 Å². The third-order valence-electron chi connectivity index (χ3n) is 4.05. The van der Waals surface area contributed by atoms with Gasteiger partial charge >= 0.3 is 0 Å². The van der Waals surface area contributed by atoms with E-state index < -0.39 is 62.6 Å². The van der Waals surface area contributed by atoms with Gasteiger partial charge in [-0.3, -0.25) is 4.79 Å². The highest BCUT2D eigenvalue weighted by Crippen LogP contribution is 2.32. The zero-order chi connectivity index (χ0) is 20.4. The lowest BCUT2D eigenvalue weighted by molar-refractivity contribution is -0.114. The van der Waals surface area contributed by atoms with Crippen LogP contribution < -0.4 is 10.1 Å². The van der Waals surface area contributed by atoms with E-state index in [1.54, 1.807) is 0 Å². The summed E-state index contributed by atoms with van der Waals surface area (Å²) in [7, 11) is -6.71. The van der Waals surface area contributed by atoms with Gasteiger partial charge in [0.15, 0.2) is 9.84 Å². The van der Waals surface area contributed by atoms with Crippen LogP contribution in [-0.4, -0.2) is 81.2 Å². The maximum Gasteiger partial charge on any atom is 0.247 e. The predicted octanol–water partition coefficient (Wildman–Crippen LogP) is -1.21. The van der Waals surface area contributed by atoms with E-state index in [4.69, 9.17) is 4.74 Å². The molecular formula is C15H22N2O8S2. The topological polar surface area (TPSA) is 150 Å². The maximum atomic E-state index is 13.2. The van der Waals surface area contributed by atoms with Crippen molar-refractivity contribution in [1.29, 1.82) is 0 Å². The zero-order valence-electron chi connectivity index (χ0n) is 14.8. The third-order valence-corrected chi connectivity index (χ3v) is 7.70. The number of hydrogen-bond acceptors (Lipinski definition) is 8. The largest absolute Gasteiger partial charge is 0.495 e. The SMILES string of the molecule is COc1ccc(NC(C)=O)cc1S(=O)(=O)N(CCO)[C@@H]1CS(=O)(=O)C[C@@H]1O. The van der Waals surface area contributed by atoms with Crippen molar-refractivity contribution in [3.05, 3.63) is 18.2 Å². The number of carbonyl (C=O) groups is 1. The Bertz CT molecular complexity index is 914. The summed E-state index contributed by atoms with van der Waals surface area (Å²) in [4.78, 5) is 10.9. The smallest absolute Gasteiger partial charge is 0.247 e. The molecule has 2 rings (SSSR count). The molecular weight excluding hydrogens is 400 g/mol. The molecule has 0 saturated carbocycles. The average Bonchev–Trinajstić information content (AvgIpc) is 2.84. The summed E-state index contributed by atoms with van der Waals surface area (Å²) in [6.07, 6.45) is -1.42. The molecule has 1 heterocycles. The number of methoxy groups -OCH3 is 1. The highest BCUT2D eigenvalue weighted by Gasteiger charge is 2.45. The molecule has 2 atom stereocenters. The fraction of sp³-hybridized carbons (Fsp3) is 0.533. The van der Waals surface area contributed by atoms with Crippen molar-refractivity contribution in [1.82, 2.24) is 4.31 Å². The van der Waals surface area contributed by atoms with Crippen LogP contribution in [0.25, 0.3) is 0 Å². The number of anilines is 1. The average molecular weight is 422 g/mol. The van der Waals surface area contributed by atoms with E-state index in [2.05, 4.69) is 5.32 Å². The molecule has 10 nitrogen and oxygen atoms in total. The monoisotopic (exact) mass is 422 g/mol. The van der Waals surface area contributed by atoms with Crippen molar-refractivity contribution >= 4 is 31.5 Å². The van der Waals surface area contributed by atoms with Crippen molar-refractivity contribution in [2.75, 3.05) is 37.1 Å². The van der Waals surface area contributed by atoms with Crippen LogP contribution in [0.3, 0.4) is 0 Å². The Morgan fingerprint density at radius 1 is 1.37 bits per heavy atom. The minimum Gasteiger partial charge on any atom is -0.495 e. The summed E-state index contributed by atoms with van der Waals surface area (Å²) in [5, 5.41) is 21.8. The van der Waals surface area contributed by atoms with Crippen molar-refractivity contribution in [2.45, 2.75) is 24.0 Å². The van der Waals surface area contributed by atoms with Crippen LogP contribution in [-0.2, 0) is 24.7 Å². The van der Waals surface area contributed by atoms with E-state index in [1.807, 2.05) is 0 Å². The third kappa shape index (κ3) is 4.76. The number of nitrogens with zero attached hydrogens (tertiary/aromatic N) is 1. The van der Waals surface area contributed by atoms with Crippen LogP contribution in [0.5, 0.6) is 5.75 Å². The minimum atomic E-state index is -4.36. The minimum absolute atomic E-state index is 0.0256. The summed E-state index contributed by atoms with van der Waals surface area (Å²) >= 11 is 0. The van der Waals surface area contributed by atoms with Gasteiger partial charge in [-0.1, -0.05) is 0 Å². The normalized spacial score (nSPS) is 22.0. The van der Waals surface area contributed by atoms with Gasteiger partial charge in [-0.05, 0) is 18.2 Å². The molecule has 1 amide bonds. The number of amides is 1. The Balaban J connectivity index is 2.54. The van der Waals surface area contributed by atoms with Crippen molar-refractivity contribution in [3.63, 3.8) is 0 Å². The molecule has 3 N–H and O–H groups in total. The summed E-state index contributed by atoms with van der Waals surface area (Å²) < 4.78 is 55.9. The molecule has 0 bridgehead atoms. The van der Waals surface area contributed by atoms with E-state index >= 15 is 0 Å². The Hall–Kier alpha value is -1.73. The van der Waals surface area contributed by atoms with E-state index in [9.17, 15) is 31.8 Å². The molecule has 12 heteroatoms. The number of sulfone groups is 1. The van der Waals surface area contributed by atoms with Gasteiger partial charge in [0.25, 0.3) is 0 Å². The highest BCUT2D eigenvalue weighted by molar-refractivity contribution is 7.92.